The van der Waals surface area contributed by atoms with Crippen LogP contribution in [-0.2, 0) is 0 Å². The number of benzene rings is 2. The molecule has 0 N–H and O–H groups in total. The highest BCUT2D eigenvalue weighted by Crippen LogP contribution is 2.29. The molecule has 0 atom stereocenters. The third kappa shape index (κ3) is 6.91. The minimum atomic E-state index is 1.18. The number of hydrogen-bond donors (Lipinski definition) is 0. The molecule has 129 valence electrons. The van der Waals surface area contributed by atoms with Gasteiger partial charge < -0.3 is 0 Å². The van der Waals surface area contributed by atoms with E-state index in [1.807, 2.05) is 0 Å². The molecule has 0 aliphatic carbocycles. The van der Waals surface area contributed by atoms with Crippen molar-refractivity contribution in [1.82, 2.24) is 0 Å². The Balaban J connectivity index is 1.74. The zero-order valence-corrected chi connectivity index (χ0v) is 15.3. The molecule has 0 aromatic heterocycles. The van der Waals surface area contributed by atoms with Crippen molar-refractivity contribution in [2.45, 2.75) is 71.1 Å². The molecule has 2 aromatic carbocycles. The molecule has 0 spiro atoms. The van der Waals surface area contributed by atoms with Gasteiger partial charge in [0.2, 0.25) is 0 Å². The van der Waals surface area contributed by atoms with E-state index in [9.17, 15) is 0 Å². The fourth-order valence-corrected chi connectivity index (χ4v) is 3.35. The second kappa shape index (κ2) is 11.9. The van der Waals surface area contributed by atoms with E-state index in [4.69, 9.17) is 0 Å². The Morgan fingerprint density at radius 2 is 0.958 bits per heavy atom. The van der Waals surface area contributed by atoms with Gasteiger partial charge in [-0.15, -0.1) is 0 Å². The van der Waals surface area contributed by atoms with Gasteiger partial charge in [0, 0.05) is 5.92 Å². The third-order valence-corrected chi connectivity index (χ3v) is 4.77. The Morgan fingerprint density at radius 3 is 1.42 bits per heavy atom. The predicted octanol–water partition coefficient (Wildman–Crippen LogP) is 7.58. The normalized spacial score (nSPS) is 11.1. The summed E-state index contributed by atoms with van der Waals surface area (Å²) >= 11 is 0. The SMILES string of the molecule is CCCCCCCCCCC[C](c1ccccc1)c1ccccc1. The molecule has 0 amide bonds. The van der Waals surface area contributed by atoms with E-state index in [-0.39, 0.29) is 0 Å². The van der Waals surface area contributed by atoms with Gasteiger partial charge in [-0.3, -0.25) is 0 Å². The summed E-state index contributed by atoms with van der Waals surface area (Å²) in [6.45, 7) is 2.29. The first kappa shape index (κ1) is 18.8. The topological polar surface area (TPSA) is 0 Å². The summed E-state index contributed by atoms with van der Waals surface area (Å²) in [5, 5.41) is 0. The maximum atomic E-state index is 2.29. The maximum absolute atomic E-state index is 2.29. The molecular weight excluding hydrogens is 288 g/mol. The minimum Gasteiger partial charge on any atom is -0.0654 e. The molecule has 1 radical (unpaired) electrons. The maximum Gasteiger partial charge on any atom is 0.0340 e. The van der Waals surface area contributed by atoms with E-state index in [0.29, 0.717) is 0 Å². The van der Waals surface area contributed by atoms with Crippen molar-refractivity contribution in [3.8, 4) is 0 Å². The fourth-order valence-electron chi connectivity index (χ4n) is 3.35. The summed E-state index contributed by atoms with van der Waals surface area (Å²) < 4.78 is 0. The number of unbranched alkanes of at least 4 members (excludes halogenated alkanes) is 8. The summed E-state index contributed by atoms with van der Waals surface area (Å²) in [4.78, 5) is 0. The van der Waals surface area contributed by atoms with Crippen molar-refractivity contribution in [2.24, 2.45) is 0 Å². The predicted molar refractivity (Wildman–Crippen MR) is 106 cm³/mol. The van der Waals surface area contributed by atoms with Crippen LogP contribution in [0.25, 0.3) is 0 Å². The van der Waals surface area contributed by atoms with E-state index in [0.717, 1.165) is 0 Å². The molecule has 0 unspecified atom stereocenters. The Bertz CT molecular complexity index is 475. The van der Waals surface area contributed by atoms with Gasteiger partial charge in [0.05, 0.1) is 0 Å². The first-order valence-electron chi connectivity index (χ1n) is 9.88. The second-order valence-corrected chi connectivity index (χ2v) is 6.79. The van der Waals surface area contributed by atoms with Crippen LogP contribution in [0.4, 0.5) is 0 Å². The van der Waals surface area contributed by atoms with Gasteiger partial charge in [-0.1, -0.05) is 125 Å². The Hall–Kier alpha value is -1.56. The van der Waals surface area contributed by atoms with Gasteiger partial charge in [0.25, 0.3) is 0 Å². The van der Waals surface area contributed by atoms with Gasteiger partial charge in [-0.05, 0) is 17.5 Å². The van der Waals surface area contributed by atoms with E-state index in [1.165, 1.54) is 81.3 Å². The average Bonchev–Trinajstić information content (AvgIpc) is 2.65. The van der Waals surface area contributed by atoms with Crippen LogP contribution in [0.15, 0.2) is 60.7 Å². The summed E-state index contributed by atoms with van der Waals surface area (Å²) in [7, 11) is 0. The molecule has 0 nitrogen and oxygen atoms in total. The molecule has 0 saturated carbocycles. The standard InChI is InChI=1S/C24H33/c1-2-3-4-5-6-7-8-9-16-21-24(22-17-12-10-13-18-22)23-19-14-11-15-20-23/h10-15,17-20H,2-9,16,21H2,1H3. The van der Waals surface area contributed by atoms with Crippen molar-refractivity contribution in [3.05, 3.63) is 77.7 Å². The highest BCUT2D eigenvalue weighted by molar-refractivity contribution is 5.45. The van der Waals surface area contributed by atoms with Crippen molar-refractivity contribution in [1.29, 1.82) is 0 Å². The molecule has 0 fully saturated rings. The van der Waals surface area contributed by atoms with Crippen LogP contribution in [0.3, 0.4) is 0 Å². The lowest BCUT2D eigenvalue weighted by atomic mass is 9.87. The molecule has 2 rings (SSSR count). The van der Waals surface area contributed by atoms with Crippen LogP contribution in [0.1, 0.15) is 82.3 Å². The summed E-state index contributed by atoms with van der Waals surface area (Å²) in [6.07, 6.45) is 13.7. The van der Waals surface area contributed by atoms with E-state index in [1.54, 1.807) is 0 Å². The van der Waals surface area contributed by atoms with Gasteiger partial charge in [0.15, 0.2) is 0 Å². The highest BCUT2D eigenvalue weighted by atomic mass is 14.2. The smallest absolute Gasteiger partial charge is 0.0340 e. The quantitative estimate of drug-likeness (QED) is 0.353. The van der Waals surface area contributed by atoms with Crippen molar-refractivity contribution >= 4 is 0 Å². The van der Waals surface area contributed by atoms with Gasteiger partial charge in [-0.2, -0.15) is 0 Å². The molecule has 2 aromatic rings. The molecule has 0 bridgehead atoms. The molecule has 0 aliphatic heterocycles. The van der Waals surface area contributed by atoms with Crippen LogP contribution < -0.4 is 0 Å². The van der Waals surface area contributed by atoms with Crippen molar-refractivity contribution < 1.29 is 0 Å². The fraction of sp³-hybridized carbons (Fsp3) is 0.458. The Morgan fingerprint density at radius 1 is 0.542 bits per heavy atom. The Kier molecular flexibility index (Phi) is 9.31. The molecule has 0 saturated heterocycles. The molecule has 0 heteroatoms. The minimum absolute atomic E-state index is 1.18. The second-order valence-electron chi connectivity index (χ2n) is 6.79. The van der Waals surface area contributed by atoms with Crippen molar-refractivity contribution in [3.63, 3.8) is 0 Å². The lowest BCUT2D eigenvalue weighted by molar-refractivity contribution is 0.561. The van der Waals surface area contributed by atoms with Crippen LogP contribution in [-0.4, -0.2) is 0 Å². The van der Waals surface area contributed by atoms with Gasteiger partial charge >= 0.3 is 0 Å². The summed E-state index contributed by atoms with van der Waals surface area (Å²) in [5.41, 5.74) is 2.76. The zero-order chi connectivity index (χ0) is 16.9. The first-order chi connectivity index (χ1) is 11.9. The van der Waals surface area contributed by atoms with Gasteiger partial charge in [-0.25, -0.2) is 0 Å². The Labute approximate surface area is 149 Å². The van der Waals surface area contributed by atoms with Crippen molar-refractivity contribution in [2.75, 3.05) is 0 Å². The van der Waals surface area contributed by atoms with E-state index >= 15 is 0 Å². The van der Waals surface area contributed by atoms with Crippen LogP contribution >= 0.6 is 0 Å². The molecule has 0 aliphatic rings. The third-order valence-electron chi connectivity index (χ3n) is 4.77. The monoisotopic (exact) mass is 321 g/mol. The largest absolute Gasteiger partial charge is 0.0654 e. The number of rotatable bonds is 12. The van der Waals surface area contributed by atoms with E-state index < -0.39 is 0 Å². The average molecular weight is 322 g/mol. The summed E-state index contributed by atoms with van der Waals surface area (Å²) in [6, 6.07) is 21.8. The number of hydrogen-bond acceptors (Lipinski definition) is 0. The zero-order valence-electron chi connectivity index (χ0n) is 15.3. The molecule has 0 heterocycles. The lowest BCUT2D eigenvalue weighted by Gasteiger charge is -2.17. The lowest BCUT2D eigenvalue weighted by Crippen LogP contribution is -2.02. The first-order valence-corrected chi connectivity index (χ1v) is 9.88. The summed E-state index contributed by atoms with van der Waals surface area (Å²) in [5.74, 6) is 1.50. The van der Waals surface area contributed by atoms with E-state index in [2.05, 4.69) is 67.6 Å². The molecule has 24 heavy (non-hydrogen) atoms. The van der Waals surface area contributed by atoms with Crippen LogP contribution in [0, 0.1) is 5.92 Å². The van der Waals surface area contributed by atoms with Gasteiger partial charge in [0.1, 0.15) is 0 Å². The van der Waals surface area contributed by atoms with Crippen LogP contribution in [0.2, 0.25) is 0 Å². The molecular formula is C24H33. The van der Waals surface area contributed by atoms with Crippen LogP contribution in [0.5, 0.6) is 0 Å². The highest BCUT2D eigenvalue weighted by Gasteiger charge is 2.13.